The van der Waals surface area contributed by atoms with Crippen molar-refractivity contribution in [3.05, 3.63) is 46.2 Å². The Morgan fingerprint density at radius 1 is 1.04 bits per heavy atom. The Bertz CT molecular complexity index is 1650. The Hall–Kier alpha value is -6.15. The van der Waals surface area contributed by atoms with E-state index >= 15 is 0 Å². The SMILES string of the molecule is CC(=O)N[C@@H]1[C@@H](NC(=NC(=O)OC(C)(C)C)NC(=O)OC(C)(C)C)C=C(C(=O)O)O[C@@]1(C)C(OC(=O)Oc1ccc([N+](=O)[O-])cc1)[C@H]1COC(=O)O1. The molecule has 3 amide bonds. The summed E-state index contributed by atoms with van der Waals surface area (Å²) in [5.41, 5.74) is -4.56. The van der Waals surface area contributed by atoms with Crippen molar-refractivity contribution in [1.29, 1.82) is 0 Å². The van der Waals surface area contributed by atoms with Crippen molar-refractivity contribution in [2.45, 2.75) is 96.5 Å². The van der Waals surface area contributed by atoms with E-state index in [-0.39, 0.29) is 11.4 Å². The number of aliphatic carboxylic acids is 1. The summed E-state index contributed by atoms with van der Waals surface area (Å²) in [5, 5.41) is 28.6. The van der Waals surface area contributed by atoms with Crippen molar-refractivity contribution in [1.82, 2.24) is 16.0 Å². The van der Waals surface area contributed by atoms with Crippen LogP contribution in [0.4, 0.5) is 24.9 Å². The lowest BCUT2D eigenvalue weighted by atomic mass is 9.80. The molecule has 0 aromatic heterocycles. The topological polar surface area (TPSA) is 279 Å². The first-order valence-corrected chi connectivity index (χ1v) is 15.4. The minimum Gasteiger partial charge on any atom is -0.475 e. The first-order valence-electron chi connectivity index (χ1n) is 15.4. The second-order valence-electron chi connectivity index (χ2n) is 13.4. The van der Waals surface area contributed by atoms with E-state index in [1.807, 2.05) is 0 Å². The van der Waals surface area contributed by atoms with E-state index in [0.29, 0.717) is 0 Å². The van der Waals surface area contributed by atoms with Gasteiger partial charge in [0.05, 0.1) is 17.0 Å². The molecular formula is C31H39N5O16. The number of cyclic esters (lactones) is 2. The van der Waals surface area contributed by atoms with Gasteiger partial charge in [0.1, 0.15) is 23.6 Å². The van der Waals surface area contributed by atoms with Crippen LogP contribution in [0.3, 0.4) is 0 Å². The second kappa shape index (κ2) is 15.8. The van der Waals surface area contributed by atoms with Gasteiger partial charge in [0.25, 0.3) is 5.69 Å². The van der Waals surface area contributed by atoms with Crippen molar-refractivity contribution in [3.63, 3.8) is 0 Å². The molecule has 4 N–H and O–H groups in total. The molecule has 0 aliphatic carbocycles. The number of carboxylic acid groups (broad SMARTS) is 1. The zero-order chi connectivity index (χ0) is 39.2. The van der Waals surface area contributed by atoms with Gasteiger partial charge in [-0.1, -0.05) is 0 Å². The number of benzene rings is 1. The van der Waals surface area contributed by atoms with E-state index in [1.54, 1.807) is 41.5 Å². The molecule has 3 rings (SSSR count). The maximum atomic E-state index is 13.2. The van der Waals surface area contributed by atoms with Crippen LogP contribution in [0.25, 0.3) is 0 Å². The van der Waals surface area contributed by atoms with Crippen LogP contribution in [0.5, 0.6) is 5.75 Å². The van der Waals surface area contributed by atoms with Gasteiger partial charge < -0.3 is 48.9 Å². The molecule has 1 fully saturated rings. The highest BCUT2D eigenvalue weighted by Gasteiger charge is 2.58. The van der Waals surface area contributed by atoms with Crippen LogP contribution in [-0.4, -0.2) is 100 Å². The highest BCUT2D eigenvalue weighted by molar-refractivity contribution is 5.99. The van der Waals surface area contributed by atoms with Gasteiger partial charge in [0.15, 0.2) is 17.8 Å². The monoisotopic (exact) mass is 737 g/mol. The fourth-order valence-corrected chi connectivity index (χ4v) is 4.82. The highest BCUT2D eigenvalue weighted by Crippen LogP contribution is 2.37. The maximum absolute atomic E-state index is 13.2. The maximum Gasteiger partial charge on any atom is 0.514 e. The Balaban J connectivity index is 2.11. The van der Waals surface area contributed by atoms with E-state index in [2.05, 4.69) is 20.9 Å². The number of aliphatic imine (C=N–C) groups is 1. The largest absolute Gasteiger partial charge is 0.514 e. The quantitative estimate of drug-likeness (QED) is 0.0567. The average Bonchev–Trinajstić information content (AvgIpc) is 3.41. The Kier molecular flexibility index (Phi) is 12.2. The van der Waals surface area contributed by atoms with Crippen LogP contribution >= 0.6 is 0 Å². The van der Waals surface area contributed by atoms with Crippen LogP contribution in [0.1, 0.15) is 55.4 Å². The van der Waals surface area contributed by atoms with Crippen molar-refractivity contribution in [3.8, 4) is 5.75 Å². The fourth-order valence-electron chi connectivity index (χ4n) is 4.82. The summed E-state index contributed by atoms with van der Waals surface area (Å²) in [6.07, 6.45) is -7.31. The summed E-state index contributed by atoms with van der Waals surface area (Å²) in [7, 11) is 0. The summed E-state index contributed by atoms with van der Waals surface area (Å²) in [5.74, 6) is -4.00. The molecule has 21 nitrogen and oxygen atoms in total. The first-order chi connectivity index (χ1) is 24.0. The lowest BCUT2D eigenvalue weighted by molar-refractivity contribution is -0.384. The van der Waals surface area contributed by atoms with Gasteiger partial charge >= 0.3 is 30.5 Å². The van der Waals surface area contributed by atoms with E-state index < -0.39 is 101 Å². The number of carbonyl (C=O) groups excluding carboxylic acids is 5. The number of ether oxygens (including phenoxy) is 7. The number of amides is 3. The molecule has 0 radical (unpaired) electrons. The van der Waals surface area contributed by atoms with Crippen molar-refractivity contribution < 1.29 is 72.0 Å². The van der Waals surface area contributed by atoms with Gasteiger partial charge in [-0.2, -0.15) is 0 Å². The number of nitrogens with one attached hydrogen (secondary N) is 3. The minimum absolute atomic E-state index is 0.205. The number of hydrogen-bond acceptors (Lipinski definition) is 15. The van der Waals surface area contributed by atoms with Gasteiger partial charge in [0, 0.05) is 19.1 Å². The molecule has 2 aliphatic rings. The van der Waals surface area contributed by atoms with E-state index in [9.17, 15) is 44.0 Å². The zero-order valence-electron chi connectivity index (χ0n) is 29.4. The third-order valence-corrected chi connectivity index (χ3v) is 6.71. The van der Waals surface area contributed by atoms with Crippen LogP contribution in [0.2, 0.25) is 0 Å². The molecule has 1 aromatic carbocycles. The van der Waals surface area contributed by atoms with Crippen molar-refractivity contribution >= 4 is 48.0 Å². The zero-order valence-corrected chi connectivity index (χ0v) is 29.4. The highest BCUT2D eigenvalue weighted by atomic mass is 16.8. The Morgan fingerprint density at radius 2 is 1.65 bits per heavy atom. The first kappa shape index (κ1) is 40.3. The lowest BCUT2D eigenvalue weighted by Gasteiger charge is -2.48. The molecule has 1 aromatic rings. The number of alkyl carbamates (subject to hydrolysis) is 1. The lowest BCUT2D eigenvalue weighted by Crippen LogP contribution is -2.71. The molecule has 2 heterocycles. The van der Waals surface area contributed by atoms with Gasteiger partial charge in [-0.15, -0.1) is 4.99 Å². The second-order valence-corrected chi connectivity index (χ2v) is 13.4. The summed E-state index contributed by atoms with van der Waals surface area (Å²) in [4.78, 5) is 89.9. The number of rotatable bonds is 8. The van der Waals surface area contributed by atoms with Crippen LogP contribution in [0, 0.1) is 10.1 Å². The van der Waals surface area contributed by atoms with Crippen LogP contribution < -0.4 is 20.7 Å². The molecule has 0 bridgehead atoms. The van der Waals surface area contributed by atoms with Gasteiger partial charge in [0.2, 0.25) is 17.6 Å². The fraction of sp³-hybridized carbons (Fsp3) is 0.516. The number of carboxylic acids is 1. The predicted molar refractivity (Wildman–Crippen MR) is 173 cm³/mol. The number of nitro groups is 1. The van der Waals surface area contributed by atoms with Crippen molar-refractivity contribution in [2.75, 3.05) is 6.61 Å². The van der Waals surface area contributed by atoms with Gasteiger partial charge in [-0.3, -0.25) is 20.2 Å². The predicted octanol–water partition coefficient (Wildman–Crippen LogP) is 3.05. The summed E-state index contributed by atoms with van der Waals surface area (Å²) >= 11 is 0. The molecule has 0 saturated carbocycles. The number of nitrogens with zero attached hydrogens (tertiary/aromatic N) is 2. The van der Waals surface area contributed by atoms with Crippen molar-refractivity contribution in [2.24, 2.45) is 4.99 Å². The van der Waals surface area contributed by atoms with E-state index in [1.165, 1.54) is 6.92 Å². The molecule has 0 spiro atoms. The number of non-ortho nitro benzene ring substituents is 1. The van der Waals surface area contributed by atoms with E-state index in [4.69, 9.17) is 33.2 Å². The smallest absolute Gasteiger partial charge is 0.475 e. The van der Waals surface area contributed by atoms with Gasteiger partial charge in [-0.05, 0) is 66.7 Å². The number of guanidine groups is 1. The Labute approximate surface area is 296 Å². The normalized spacial score (nSPS) is 22.2. The molecular weight excluding hydrogens is 698 g/mol. The molecule has 1 saturated heterocycles. The summed E-state index contributed by atoms with van der Waals surface area (Å²) in [6, 6.07) is 1.31. The number of nitro benzene ring substituents is 1. The summed E-state index contributed by atoms with van der Waals surface area (Å²) < 4.78 is 37.2. The molecule has 21 heteroatoms. The number of carbonyl (C=O) groups is 6. The average molecular weight is 738 g/mol. The molecule has 52 heavy (non-hydrogen) atoms. The standard InChI is InChI=1S/C31H39N5O16/c1-15(37)32-21-18(33-24(34-25(40)51-29(2,3)4)35-26(41)52-30(5,6)7)13-19(23(38)39)50-31(21,8)22(20-14-46-27(42)48-20)49-28(43)47-17-11-9-16(10-12-17)36(44)45/h9-13,18,20-22H,14H2,1-8H3,(H,32,37)(H,38,39)(H2,33,34,35,40,41)/t18-,20+,21+,22?,31+/m0/s1. The van der Waals surface area contributed by atoms with Crippen LogP contribution in [0.15, 0.2) is 41.1 Å². The Morgan fingerprint density at radius 3 is 2.15 bits per heavy atom. The van der Waals surface area contributed by atoms with Crippen LogP contribution in [-0.2, 0) is 38.0 Å². The number of hydrogen-bond donors (Lipinski definition) is 4. The molecule has 2 aliphatic heterocycles. The molecule has 1 unspecified atom stereocenters. The summed E-state index contributed by atoms with van der Waals surface area (Å²) in [6.45, 7) is 11.1. The molecule has 5 atom stereocenters. The minimum atomic E-state index is -2.21. The van der Waals surface area contributed by atoms with E-state index in [0.717, 1.165) is 37.3 Å². The molecule has 284 valence electrons. The third-order valence-electron chi connectivity index (χ3n) is 6.71. The van der Waals surface area contributed by atoms with Gasteiger partial charge in [-0.25, -0.2) is 24.0 Å². The third kappa shape index (κ3) is 11.5.